The van der Waals surface area contributed by atoms with Gasteiger partial charge in [-0.3, -0.25) is 9.59 Å². The molecule has 0 saturated heterocycles. The first-order chi connectivity index (χ1) is 8.99. The minimum atomic E-state index is -0.626. The predicted octanol–water partition coefficient (Wildman–Crippen LogP) is 3.08. The van der Waals surface area contributed by atoms with E-state index in [9.17, 15) is 14.0 Å². The van der Waals surface area contributed by atoms with Crippen molar-refractivity contribution in [3.63, 3.8) is 0 Å². The minimum Gasteiger partial charge on any atom is -0.302 e. The molecule has 0 N–H and O–H groups in total. The lowest BCUT2D eigenvalue weighted by Crippen LogP contribution is -2.35. The summed E-state index contributed by atoms with van der Waals surface area (Å²) in [6, 6.07) is 2.93. The third-order valence-corrected chi connectivity index (χ3v) is 4.31. The molecule has 1 aliphatic heterocycles. The maximum atomic E-state index is 14.0. The smallest absolute Gasteiger partial charge is 0.299 e. The molecular weight excluding hydrogens is 313 g/mol. The molecule has 1 atom stereocenters. The fourth-order valence-corrected chi connectivity index (χ4v) is 2.90. The van der Waals surface area contributed by atoms with E-state index in [1.54, 1.807) is 13.0 Å². The zero-order valence-corrected chi connectivity index (χ0v) is 12.5. The van der Waals surface area contributed by atoms with Gasteiger partial charge in [-0.25, -0.2) is 4.39 Å². The largest absolute Gasteiger partial charge is 0.302 e. The molecule has 1 amide bonds. The van der Waals surface area contributed by atoms with Crippen LogP contribution in [0.2, 0.25) is 0 Å². The highest BCUT2D eigenvalue weighted by Gasteiger charge is 2.38. The van der Waals surface area contributed by atoms with Crippen molar-refractivity contribution in [3.05, 3.63) is 29.1 Å². The number of alkyl halides is 1. The summed E-state index contributed by atoms with van der Waals surface area (Å²) in [5.41, 5.74) is 0.971. The van der Waals surface area contributed by atoms with E-state index in [4.69, 9.17) is 0 Å². The average molecular weight is 328 g/mol. The van der Waals surface area contributed by atoms with Crippen LogP contribution in [-0.4, -0.2) is 23.6 Å². The summed E-state index contributed by atoms with van der Waals surface area (Å²) in [4.78, 5) is 25.2. The summed E-state index contributed by atoms with van der Waals surface area (Å²) >= 11 is 3.37. The second-order valence-electron chi connectivity index (χ2n) is 4.82. The van der Waals surface area contributed by atoms with Crippen molar-refractivity contribution in [2.45, 2.75) is 20.3 Å². The van der Waals surface area contributed by atoms with Crippen LogP contribution < -0.4 is 4.90 Å². The number of aryl methyl sites for hydroxylation is 1. The number of hydrogen-bond donors (Lipinski definition) is 0. The Morgan fingerprint density at radius 3 is 2.63 bits per heavy atom. The molecule has 102 valence electrons. The molecule has 5 heteroatoms. The van der Waals surface area contributed by atoms with Crippen LogP contribution >= 0.6 is 15.9 Å². The number of fused-ring (bicyclic) bond motifs is 1. The summed E-state index contributed by atoms with van der Waals surface area (Å²) in [5.74, 6) is -1.54. The Labute approximate surface area is 119 Å². The molecule has 1 aliphatic rings. The van der Waals surface area contributed by atoms with Gasteiger partial charge >= 0.3 is 0 Å². The Morgan fingerprint density at radius 2 is 2.05 bits per heavy atom. The third-order valence-electron chi connectivity index (χ3n) is 3.40. The van der Waals surface area contributed by atoms with Crippen molar-refractivity contribution < 1.29 is 14.0 Å². The van der Waals surface area contributed by atoms with E-state index >= 15 is 0 Å². The maximum Gasteiger partial charge on any atom is 0.299 e. The van der Waals surface area contributed by atoms with Gasteiger partial charge in [-0.05, 0) is 30.5 Å². The average Bonchev–Trinajstić information content (AvgIpc) is 2.61. The maximum absolute atomic E-state index is 14.0. The highest BCUT2D eigenvalue weighted by Crippen LogP contribution is 2.33. The Kier molecular flexibility index (Phi) is 4.04. The van der Waals surface area contributed by atoms with Crippen LogP contribution in [0.3, 0.4) is 0 Å². The van der Waals surface area contributed by atoms with Crippen LogP contribution in [0.5, 0.6) is 0 Å². The SMILES string of the molecule is CCC(CBr)CN1C(=O)C(=O)c2cc(C)cc(F)c21. The van der Waals surface area contributed by atoms with Crippen molar-refractivity contribution >= 4 is 33.3 Å². The number of anilines is 1. The molecule has 0 fully saturated rings. The highest BCUT2D eigenvalue weighted by molar-refractivity contribution is 9.09. The van der Waals surface area contributed by atoms with E-state index in [1.807, 2.05) is 6.92 Å². The number of carbonyl (C=O) groups excluding carboxylic acids is 2. The molecule has 2 rings (SSSR count). The topological polar surface area (TPSA) is 37.4 Å². The number of nitrogens with zero attached hydrogens (tertiary/aromatic N) is 1. The Balaban J connectivity index is 2.44. The first kappa shape index (κ1) is 14.2. The van der Waals surface area contributed by atoms with Gasteiger partial charge in [0.2, 0.25) is 0 Å². The molecule has 0 aliphatic carbocycles. The van der Waals surface area contributed by atoms with Crippen LogP contribution in [-0.2, 0) is 4.79 Å². The lowest BCUT2D eigenvalue weighted by atomic mass is 10.1. The molecule has 3 nitrogen and oxygen atoms in total. The number of amides is 1. The summed E-state index contributed by atoms with van der Waals surface area (Å²) < 4.78 is 14.0. The minimum absolute atomic E-state index is 0.139. The van der Waals surface area contributed by atoms with Gasteiger partial charge in [-0.15, -0.1) is 0 Å². The van der Waals surface area contributed by atoms with E-state index in [0.717, 1.165) is 6.42 Å². The number of Topliss-reactive ketones (excluding diaryl/α,β-unsaturated/α-hetero) is 1. The lowest BCUT2D eigenvalue weighted by Gasteiger charge is -2.22. The summed E-state index contributed by atoms with van der Waals surface area (Å²) in [5, 5.41) is 0.713. The summed E-state index contributed by atoms with van der Waals surface area (Å²) in [7, 11) is 0. The number of carbonyl (C=O) groups is 2. The molecular formula is C14H15BrFNO2. The summed E-state index contributed by atoms with van der Waals surface area (Å²) in [6.07, 6.45) is 0.853. The molecule has 0 saturated carbocycles. The Bertz CT molecular complexity index is 540. The Morgan fingerprint density at radius 1 is 1.37 bits per heavy atom. The molecule has 0 spiro atoms. The van der Waals surface area contributed by atoms with Gasteiger partial charge in [0.1, 0.15) is 5.82 Å². The molecule has 0 bridgehead atoms. The number of halogens is 2. The second kappa shape index (κ2) is 5.41. The van der Waals surface area contributed by atoms with E-state index < -0.39 is 17.5 Å². The normalized spacial score (nSPS) is 15.9. The molecule has 1 aromatic carbocycles. The van der Waals surface area contributed by atoms with Crippen LogP contribution in [0, 0.1) is 18.7 Å². The third kappa shape index (κ3) is 2.43. The number of rotatable bonds is 4. The van der Waals surface area contributed by atoms with Crippen molar-refractivity contribution in [1.29, 1.82) is 0 Å². The summed E-state index contributed by atoms with van der Waals surface area (Å²) in [6.45, 7) is 4.07. The molecule has 0 radical (unpaired) electrons. The molecule has 1 heterocycles. The number of hydrogen-bond acceptors (Lipinski definition) is 2. The van der Waals surface area contributed by atoms with E-state index in [0.29, 0.717) is 17.4 Å². The quantitative estimate of drug-likeness (QED) is 0.629. The standard InChI is InChI=1S/C14H15BrFNO2/c1-3-9(6-15)7-17-12-10(13(18)14(17)19)4-8(2)5-11(12)16/h4-5,9H,3,6-7H2,1-2H3. The Hall–Kier alpha value is -1.23. The van der Waals surface area contributed by atoms with Crippen LogP contribution in [0.15, 0.2) is 12.1 Å². The van der Waals surface area contributed by atoms with Gasteiger partial charge in [0.25, 0.3) is 11.7 Å². The van der Waals surface area contributed by atoms with Crippen molar-refractivity contribution in [3.8, 4) is 0 Å². The van der Waals surface area contributed by atoms with Crippen molar-refractivity contribution in [2.75, 3.05) is 16.8 Å². The van der Waals surface area contributed by atoms with E-state index in [2.05, 4.69) is 15.9 Å². The van der Waals surface area contributed by atoms with Gasteiger partial charge in [-0.2, -0.15) is 0 Å². The predicted molar refractivity (Wildman–Crippen MR) is 75.4 cm³/mol. The number of benzene rings is 1. The van der Waals surface area contributed by atoms with Gasteiger partial charge in [0.15, 0.2) is 0 Å². The van der Waals surface area contributed by atoms with E-state index in [1.165, 1.54) is 11.0 Å². The lowest BCUT2D eigenvalue weighted by molar-refractivity contribution is -0.114. The van der Waals surface area contributed by atoms with Gasteiger partial charge in [-0.1, -0.05) is 29.3 Å². The van der Waals surface area contributed by atoms with Gasteiger partial charge in [0.05, 0.1) is 11.3 Å². The van der Waals surface area contributed by atoms with Gasteiger partial charge < -0.3 is 4.90 Å². The molecule has 0 aromatic heterocycles. The monoisotopic (exact) mass is 327 g/mol. The van der Waals surface area contributed by atoms with Crippen LogP contribution in [0.1, 0.15) is 29.3 Å². The fraction of sp³-hybridized carbons (Fsp3) is 0.429. The van der Waals surface area contributed by atoms with Crippen molar-refractivity contribution in [1.82, 2.24) is 0 Å². The molecule has 1 aromatic rings. The zero-order valence-electron chi connectivity index (χ0n) is 10.9. The highest BCUT2D eigenvalue weighted by atomic mass is 79.9. The first-order valence-corrected chi connectivity index (χ1v) is 7.34. The fourth-order valence-electron chi connectivity index (χ4n) is 2.24. The number of ketones is 1. The second-order valence-corrected chi connectivity index (χ2v) is 5.46. The van der Waals surface area contributed by atoms with Crippen molar-refractivity contribution in [2.24, 2.45) is 5.92 Å². The van der Waals surface area contributed by atoms with Crippen LogP contribution in [0.4, 0.5) is 10.1 Å². The molecule has 1 unspecified atom stereocenters. The van der Waals surface area contributed by atoms with Gasteiger partial charge in [0, 0.05) is 11.9 Å². The van der Waals surface area contributed by atoms with Crippen LogP contribution in [0.25, 0.3) is 0 Å². The zero-order chi connectivity index (χ0) is 14.2. The van der Waals surface area contributed by atoms with E-state index in [-0.39, 0.29) is 17.2 Å². The molecule has 19 heavy (non-hydrogen) atoms. The first-order valence-electron chi connectivity index (χ1n) is 6.21.